The van der Waals surface area contributed by atoms with Crippen molar-refractivity contribution in [1.82, 2.24) is 4.90 Å². The summed E-state index contributed by atoms with van der Waals surface area (Å²) < 4.78 is 0. The molecule has 4 aliphatic carbocycles. The minimum atomic E-state index is -0.0388. The predicted octanol–water partition coefficient (Wildman–Crippen LogP) is 4.57. The Hall–Kier alpha value is -0.610. The fourth-order valence-corrected chi connectivity index (χ4v) is 7.91. The van der Waals surface area contributed by atoms with Crippen LogP contribution in [0.1, 0.15) is 71.6 Å². The van der Waals surface area contributed by atoms with E-state index in [1.165, 1.54) is 44.9 Å². The van der Waals surface area contributed by atoms with Gasteiger partial charge >= 0.3 is 0 Å². The molecule has 8 atom stereocenters. The molecule has 0 aliphatic heterocycles. The van der Waals surface area contributed by atoms with E-state index in [-0.39, 0.29) is 6.10 Å². The summed E-state index contributed by atoms with van der Waals surface area (Å²) in [6.07, 6.45) is 13.6. The molecule has 0 bridgehead atoms. The first-order valence-corrected chi connectivity index (χ1v) is 11.8. The minimum absolute atomic E-state index is 0.0388. The van der Waals surface area contributed by atoms with Gasteiger partial charge in [-0.25, -0.2) is 0 Å². The molecule has 4 nitrogen and oxygen atoms in total. The van der Waals surface area contributed by atoms with Gasteiger partial charge in [0.25, 0.3) is 0 Å². The van der Waals surface area contributed by atoms with Crippen molar-refractivity contribution in [3.63, 3.8) is 0 Å². The number of rotatable bonds is 5. The molecule has 0 heterocycles. The number of aliphatic hydroxyl groups excluding tert-OH is 1. The third kappa shape index (κ3) is 3.53. The van der Waals surface area contributed by atoms with Gasteiger partial charge < -0.3 is 14.8 Å². The first-order valence-electron chi connectivity index (χ1n) is 11.8. The van der Waals surface area contributed by atoms with Crippen LogP contribution < -0.4 is 0 Å². The van der Waals surface area contributed by atoms with E-state index in [0.29, 0.717) is 23.4 Å². The fourth-order valence-electron chi connectivity index (χ4n) is 7.91. The lowest BCUT2D eigenvalue weighted by molar-refractivity contribution is -0.123. The van der Waals surface area contributed by atoms with Crippen molar-refractivity contribution in [3.05, 3.63) is 0 Å². The van der Waals surface area contributed by atoms with E-state index in [9.17, 15) is 5.11 Å². The third-order valence-electron chi connectivity index (χ3n) is 9.66. The summed E-state index contributed by atoms with van der Waals surface area (Å²) in [6, 6.07) is 0. The van der Waals surface area contributed by atoms with Crippen LogP contribution in [0.4, 0.5) is 0 Å². The second-order valence-electron chi connectivity index (χ2n) is 11.2. The zero-order valence-electron chi connectivity index (χ0n) is 18.6. The van der Waals surface area contributed by atoms with Gasteiger partial charge in [-0.05, 0) is 106 Å². The highest BCUT2D eigenvalue weighted by Crippen LogP contribution is 2.67. The average Bonchev–Trinajstić information content (AvgIpc) is 2.98. The molecule has 28 heavy (non-hydrogen) atoms. The lowest BCUT2D eigenvalue weighted by Gasteiger charge is -2.60. The maximum Gasteiger partial charge on any atom is 0.129 e. The lowest BCUT2D eigenvalue weighted by Crippen LogP contribution is -2.54. The topological polar surface area (TPSA) is 45.1 Å². The SMILES string of the molecule is CN(C)CCO/N=C/[C@H]1CC[C@H]2[C@@H]3CC[C@@H]4C[C@@H](O)CC[C@]4(C)[C@H]3CC[C@]12C. The summed E-state index contributed by atoms with van der Waals surface area (Å²) in [5, 5.41) is 14.6. The maximum atomic E-state index is 10.2. The Morgan fingerprint density at radius 2 is 1.75 bits per heavy atom. The third-order valence-corrected chi connectivity index (χ3v) is 9.66. The summed E-state index contributed by atoms with van der Waals surface area (Å²) in [6.45, 7) is 6.72. The van der Waals surface area contributed by atoms with E-state index in [1.54, 1.807) is 0 Å². The molecule has 4 rings (SSSR count). The molecule has 0 saturated heterocycles. The van der Waals surface area contributed by atoms with Crippen LogP contribution in [0.15, 0.2) is 5.16 Å². The highest BCUT2D eigenvalue weighted by atomic mass is 16.6. The Kier molecular flexibility index (Phi) is 5.83. The molecule has 1 N–H and O–H groups in total. The Bertz CT molecular complexity index is 579. The number of nitrogens with zero attached hydrogens (tertiary/aromatic N) is 2. The first-order chi connectivity index (χ1) is 13.3. The molecular weight excluding hydrogens is 348 g/mol. The van der Waals surface area contributed by atoms with Gasteiger partial charge in [0.2, 0.25) is 0 Å². The molecule has 0 aromatic carbocycles. The Morgan fingerprint density at radius 3 is 2.54 bits per heavy atom. The summed E-state index contributed by atoms with van der Waals surface area (Å²) in [5.41, 5.74) is 0.887. The monoisotopic (exact) mass is 390 g/mol. The van der Waals surface area contributed by atoms with Crippen molar-refractivity contribution in [2.24, 2.45) is 45.6 Å². The van der Waals surface area contributed by atoms with Gasteiger partial charge in [-0.1, -0.05) is 19.0 Å². The van der Waals surface area contributed by atoms with Crippen molar-refractivity contribution in [2.75, 3.05) is 27.2 Å². The zero-order valence-corrected chi connectivity index (χ0v) is 18.6. The highest BCUT2D eigenvalue weighted by molar-refractivity contribution is 5.62. The normalized spacial score (nSPS) is 48.4. The van der Waals surface area contributed by atoms with Crippen LogP contribution in [0.3, 0.4) is 0 Å². The quantitative estimate of drug-likeness (QED) is 0.425. The van der Waals surface area contributed by atoms with Crippen molar-refractivity contribution in [1.29, 1.82) is 0 Å². The van der Waals surface area contributed by atoms with Gasteiger partial charge in [0, 0.05) is 18.7 Å². The Morgan fingerprint density at radius 1 is 1.00 bits per heavy atom. The van der Waals surface area contributed by atoms with E-state index < -0.39 is 0 Å². The summed E-state index contributed by atoms with van der Waals surface area (Å²) in [5.74, 6) is 3.96. The molecule has 4 saturated carbocycles. The largest absolute Gasteiger partial charge is 0.395 e. The smallest absolute Gasteiger partial charge is 0.129 e. The number of fused-ring (bicyclic) bond motifs is 5. The van der Waals surface area contributed by atoms with Gasteiger partial charge in [-0.2, -0.15) is 0 Å². The molecule has 0 unspecified atom stereocenters. The van der Waals surface area contributed by atoms with Crippen LogP contribution >= 0.6 is 0 Å². The molecule has 0 radical (unpaired) electrons. The van der Waals surface area contributed by atoms with Crippen molar-refractivity contribution < 1.29 is 9.94 Å². The fraction of sp³-hybridized carbons (Fsp3) is 0.958. The van der Waals surface area contributed by atoms with E-state index in [1.807, 2.05) is 0 Å². The average molecular weight is 391 g/mol. The van der Waals surface area contributed by atoms with Crippen LogP contribution in [-0.4, -0.2) is 49.6 Å². The molecular formula is C24H42N2O2. The van der Waals surface area contributed by atoms with Crippen LogP contribution in [0.25, 0.3) is 0 Å². The van der Waals surface area contributed by atoms with Crippen molar-refractivity contribution >= 4 is 6.21 Å². The van der Waals surface area contributed by atoms with E-state index in [2.05, 4.69) is 44.2 Å². The van der Waals surface area contributed by atoms with Crippen LogP contribution in [0.5, 0.6) is 0 Å². The molecule has 4 fully saturated rings. The van der Waals surface area contributed by atoms with Crippen LogP contribution in [0.2, 0.25) is 0 Å². The number of likely N-dealkylation sites (N-methyl/N-ethyl adjacent to an activating group) is 1. The second-order valence-corrected chi connectivity index (χ2v) is 11.2. The zero-order chi connectivity index (χ0) is 19.9. The van der Waals surface area contributed by atoms with Crippen molar-refractivity contribution in [3.8, 4) is 0 Å². The van der Waals surface area contributed by atoms with Gasteiger partial charge in [0.15, 0.2) is 0 Å². The predicted molar refractivity (Wildman–Crippen MR) is 114 cm³/mol. The van der Waals surface area contributed by atoms with Crippen LogP contribution in [-0.2, 0) is 4.84 Å². The summed E-state index contributed by atoms with van der Waals surface area (Å²) in [4.78, 5) is 7.67. The molecule has 0 aromatic heterocycles. The van der Waals surface area contributed by atoms with E-state index in [0.717, 1.165) is 43.1 Å². The minimum Gasteiger partial charge on any atom is -0.395 e. The molecule has 0 aromatic rings. The van der Waals surface area contributed by atoms with Crippen molar-refractivity contribution in [2.45, 2.75) is 77.7 Å². The van der Waals surface area contributed by atoms with Crippen LogP contribution in [0, 0.1) is 40.4 Å². The lowest BCUT2D eigenvalue weighted by atomic mass is 9.45. The molecule has 0 amide bonds. The van der Waals surface area contributed by atoms with Gasteiger partial charge in [0.1, 0.15) is 6.61 Å². The number of hydrogen-bond acceptors (Lipinski definition) is 4. The van der Waals surface area contributed by atoms with E-state index >= 15 is 0 Å². The number of aliphatic hydroxyl groups is 1. The second kappa shape index (κ2) is 7.91. The molecule has 0 spiro atoms. The highest BCUT2D eigenvalue weighted by Gasteiger charge is 2.59. The van der Waals surface area contributed by atoms with Gasteiger partial charge in [0.05, 0.1) is 6.10 Å². The Balaban J connectivity index is 1.43. The summed E-state index contributed by atoms with van der Waals surface area (Å²) in [7, 11) is 4.13. The molecule has 160 valence electrons. The number of oxime groups is 1. The Labute approximate surface area is 172 Å². The number of hydrogen-bond donors (Lipinski definition) is 1. The standard InChI is InChI=1S/C24H42N2O2/c1-23-11-9-19(27)15-17(23)5-7-20-21-8-6-18(16-25-28-14-13-26(3)4)24(21,2)12-10-22(20)23/h16-22,27H,5-15H2,1-4H3/b25-16+/t17-,18-,19+,20+,21+,22+,23+,24-/m1/s1. The van der Waals surface area contributed by atoms with Gasteiger partial charge in [-0.15, -0.1) is 0 Å². The van der Waals surface area contributed by atoms with Gasteiger partial charge in [-0.3, -0.25) is 0 Å². The molecule has 4 heteroatoms. The maximum absolute atomic E-state index is 10.2. The summed E-state index contributed by atoms with van der Waals surface area (Å²) >= 11 is 0. The molecule has 4 aliphatic rings. The van der Waals surface area contributed by atoms with E-state index in [4.69, 9.17) is 4.84 Å². The first kappa shape index (κ1) is 20.7.